The van der Waals surface area contributed by atoms with E-state index in [1.54, 1.807) is 41.9 Å². The average molecular weight is 400 g/mol. The van der Waals surface area contributed by atoms with Crippen LogP contribution in [-0.2, 0) is 15.3 Å². The molecule has 1 aliphatic rings. The third-order valence-electron chi connectivity index (χ3n) is 4.37. The van der Waals surface area contributed by atoms with Crippen molar-refractivity contribution in [3.63, 3.8) is 0 Å². The van der Waals surface area contributed by atoms with Crippen LogP contribution in [-0.4, -0.2) is 27.8 Å². The van der Waals surface area contributed by atoms with Crippen molar-refractivity contribution >= 4 is 23.7 Å². The number of benzene rings is 1. The molecular weight excluding hydrogens is 383 g/mol. The molecule has 0 radical (unpaired) electrons. The van der Waals surface area contributed by atoms with Crippen molar-refractivity contribution in [1.29, 1.82) is 0 Å². The van der Waals surface area contributed by atoms with Crippen LogP contribution in [0.15, 0.2) is 63.5 Å². The number of allylic oxidation sites excluding steroid dienone is 1. The third-order valence-corrected chi connectivity index (χ3v) is 5.25. The fourth-order valence-electron chi connectivity index (χ4n) is 3.03. The molecule has 0 aliphatic carbocycles. The van der Waals surface area contributed by atoms with Crippen molar-refractivity contribution in [1.82, 2.24) is 14.8 Å². The van der Waals surface area contributed by atoms with Gasteiger partial charge in [-0.1, -0.05) is 30.0 Å². The van der Waals surface area contributed by atoms with E-state index < -0.39 is 12.0 Å². The maximum atomic E-state index is 13.9. The van der Waals surface area contributed by atoms with E-state index in [1.807, 2.05) is 0 Å². The number of anilines is 1. The highest BCUT2D eigenvalue weighted by atomic mass is 32.2. The number of hydrogen-bond acceptors (Lipinski definition) is 7. The first kappa shape index (κ1) is 18.3. The quantitative estimate of drug-likeness (QED) is 0.516. The molecular formula is C19H17FN4O3S. The Bertz CT molecular complexity index is 1050. The number of methoxy groups -OCH3 is 1. The Kier molecular flexibility index (Phi) is 4.91. The molecule has 1 N–H and O–H groups in total. The van der Waals surface area contributed by atoms with Crippen molar-refractivity contribution in [3.05, 3.63) is 71.1 Å². The first-order valence-corrected chi connectivity index (χ1v) is 9.49. The van der Waals surface area contributed by atoms with E-state index in [9.17, 15) is 9.18 Å². The maximum Gasteiger partial charge on any atom is 0.338 e. The lowest BCUT2D eigenvalue weighted by Gasteiger charge is -2.25. The molecule has 1 aromatic carbocycles. The van der Waals surface area contributed by atoms with Crippen molar-refractivity contribution < 1.29 is 18.3 Å². The molecule has 0 spiro atoms. The second-order valence-corrected chi connectivity index (χ2v) is 7.06. The lowest BCUT2D eigenvalue weighted by atomic mass is 10.0. The van der Waals surface area contributed by atoms with Gasteiger partial charge in [-0.05, 0) is 30.7 Å². The predicted molar refractivity (Wildman–Crippen MR) is 101 cm³/mol. The molecule has 3 heterocycles. The van der Waals surface area contributed by atoms with Gasteiger partial charge in [0.05, 0.1) is 18.9 Å². The van der Waals surface area contributed by atoms with E-state index >= 15 is 0 Å². The van der Waals surface area contributed by atoms with Crippen molar-refractivity contribution in [2.75, 3.05) is 12.4 Å². The van der Waals surface area contributed by atoms with Gasteiger partial charge in [-0.25, -0.2) is 13.9 Å². The number of nitrogens with zero attached hydrogens (tertiary/aromatic N) is 3. The van der Waals surface area contributed by atoms with Gasteiger partial charge >= 0.3 is 5.97 Å². The molecule has 144 valence electrons. The zero-order chi connectivity index (χ0) is 19.7. The largest absolute Gasteiger partial charge is 0.467 e. The van der Waals surface area contributed by atoms with Crippen LogP contribution in [0, 0.1) is 5.82 Å². The van der Waals surface area contributed by atoms with Gasteiger partial charge < -0.3 is 14.5 Å². The molecule has 1 unspecified atom stereocenters. The zero-order valence-electron chi connectivity index (χ0n) is 15.2. The molecule has 3 aromatic rings. The number of thioether (sulfide) groups is 1. The molecule has 0 bridgehead atoms. The van der Waals surface area contributed by atoms with Crippen molar-refractivity contribution in [2.45, 2.75) is 23.9 Å². The summed E-state index contributed by atoms with van der Waals surface area (Å²) in [6.45, 7) is 1.77. The Labute approximate surface area is 164 Å². The fourth-order valence-corrected chi connectivity index (χ4v) is 3.85. The molecule has 2 aromatic heterocycles. The van der Waals surface area contributed by atoms with Crippen LogP contribution in [0.5, 0.6) is 0 Å². The molecule has 4 rings (SSSR count). The monoisotopic (exact) mass is 400 g/mol. The number of aromatic nitrogens is 3. The van der Waals surface area contributed by atoms with Gasteiger partial charge in [0.1, 0.15) is 17.6 Å². The van der Waals surface area contributed by atoms with Crippen LogP contribution in [0.2, 0.25) is 0 Å². The van der Waals surface area contributed by atoms with Crippen LogP contribution < -0.4 is 5.32 Å². The van der Waals surface area contributed by atoms with Crippen LogP contribution in [0.4, 0.5) is 10.3 Å². The van der Waals surface area contributed by atoms with Crippen molar-refractivity contribution in [2.24, 2.45) is 0 Å². The minimum atomic E-state index is -0.603. The van der Waals surface area contributed by atoms with E-state index in [2.05, 4.69) is 15.4 Å². The summed E-state index contributed by atoms with van der Waals surface area (Å²) in [6, 6.07) is 9.49. The van der Waals surface area contributed by atoms with E-state index in [0.29, 0.717) is 39.5 Å². The molecule has 0 saturated heterocycles. The standard InChI is InChI=1S/C19H17FN4O3S/c1-11-15(17(25)26-2)16(14-8-5-9-27-14)24-18(21-11)22-19(23-24)28-10-12-6-3-4-7-13(12)20/h3-9,16H,10H2,1-2H3,(H,21,22,23). The second kappa shape index (κ2) is 7.51. The lowest BCUT2D eigenvalue weighted by Crippen LogP contribution is -2.29. The highest BCUT2D eigenvalue weighted by Gasteiger charge is 2.36. The SMILES string of the molecule is COC(=O)C1=C(C)Nc2nc(SCc3ccccc3F)nn2C1c1ccco1. The molecule has 9 heteroatoms. The summed E-state index contributed by atoms with van der Waals surface area (Å²) in [4.78, 5) is 16.9. The molecule has 1 atom stereocenters. The Morgan fingerprint density at radius 1 is 1.36 bits per heavy atom. The Hall–Kier alpha value is -3.07. The van der Waals surface area contributed by atoms with Gasteiger partial charge in [0.25, 0.3) is 0 Å². The molecule has 0 saturated carbocycles. The first-order chi connectivity index (χ1) is 13.6. The average Bonchev–Trinajstić information content (AvgIpc) is 3.35. The summed E-state index contributed by atoms with van der Waals surface area (Å²) < 4.78 is 25.9. The van der Waals surface area contributed by atoms with E-state index in [-0.39, 0.29) is 5.82 Å². The number of nitrogens with one attached hydrogen (secondary N) is 1. The van der Waals surface area contributed by atoms with Crippen LogP contribution in [0.1, 0.15) is 24.3 Å². The van der Waals surface area contributed by atoms with Gasteiger partial charge in [0.2, 0.25) is 11.1 Å². The third kappa shape index (κ3) is 3.29. The lowest BCUT2D eigenvalue weighted by molar-refractivity contribution is -0.136. The minimum absolute atomic E-state index is 0.268. The number of rotatable bonds is 5. The number of halogens is 1. The number of furan rings is 1. The van der Waals surface area contributed by atoms with Crippen LogP contribution >= 0.6 is 11.8 Å². The minimum Gasteiger partial charge on any atom is -0.467 e. The van der Waals surface area contributed by atoms with Gasteiger partial charge in [0, 0.05) is 11.4 Å². The summed E-state index contributed by atoms with van der Waals surface area (Å²) >= 11 is 1.31. The number of hydrogen-bond donors (Lipinski definition) is 1. The Morgan fingerprint density at radius 2 is 2.18 bits per heavy atom. The second-order valence-electron chi connectivity index (χ2n) is 6.12. The maximum absolute atomic E-state index is 13.9. The Balaban J connectivity index is 1.67. The summed E-state index contributed by atoms with van der Waals surface area (Å²) in [5.74, 6) is 0.655. The summed E-state index contributed by atoms with van der Waals surface area (Å²) in [7, 11) is 1.33. The number of carbonyl (C=O) groups is 1. The summed E-state index contributed by atoms with van der Waals surface area (Å²) in [6.07, 6.45) is 1.53. The molecule has 28 heavy (non-hydrogen) atoms. The predicted octanol–water partition coefficient (Wildman–Crippen LogP) is 3.76. The highest BCUT2D eigenvalue weighted by Crippen LogP contribution is 2.37. The number of carbonyl (C=O) groups excluding carboxylic acids is 1. The number of fused-ring (bicyclic) bond motifs is 1. The van der Waals surface area contributed by atoms with Gasteiger partial charge in [-0.15, -0.1) is 5.10 Å². The molecule has 0 fully saturated rings. The number of ether oxygens (including phenoxy) is 1. The molecule has 1 aliphatic heterocycles. The fraction of sp³-hybridized carbons (Fsp3) is 0.211. The van der Waals surface area contributed by atoms with Gasteiger partial charge in [-0.3, -0.25) is 0 Å². The normalized spacial score (nSPS) is 15.9. The summed E-state index contributed by atoms with van der Waals surface area (Å²) in [5, 5.41) is 8.06. The van der Waals surface area contributed by atoms with Crippen LogP contribution in [0.25, 0.3) is 0 Å². The van der Waals surface area contributed by atoms with Crippen LogP contribution in [0.3, 0.4) is 0 Å². The Morgan fingerprint density at radius 3 is 2.89 bits per heavy atom. The van der Waals surface area contributed by atoms with Gasteiger partial charge in [0.15, 0.2) is 0 Å². The topological polar surface area (TPSA) is 82.2 Å². The highest BCUT2D eigenvalue weighted by molar-refractivity contribution is 7.98. The molecule has 0 amide bonds. The van der Waals surface area contributed by atoms with E-state index in [4.69, 9.17) is 9.15 Å². The number of esters is 1. The molecule has 7 nitrogen and oxygen atoms in total. The smallest absolute Gasteiger partial charge is 0.338 e. The van der Waals surface area contributed by atoms with Crippen molar-refractivity contribution in [3.8, 4) is 0 Å². The zero-order valence-corrected chi connectivity index (χ0v) is 16.0. The van der Waals surface area contributed by atoms with E-state index in [0.717, 1.165) is 0 Å². The van der Waals surface area contributed by atoms with Gasteiger partial charge in [-0.2, -0.15) is 4.98 Å². The summed E-state index contributed by atoms with van der Waals surface area (Å²) in [5.41, 5.74) is 1.57. The van der Waals surface area contributed by atoms with E-state index in [1.165, 1.54) is 31.2 Å². The first-order valence-electron chi connectivity index (χ1n) is 8.50.